The number of carbonyl (C=O) groups excluding carboxylic acids is 2. The summed E-state index contributed by atoms with van der Waals surface area (Å²) in [7, 11) is 0. The number of ether oxygens (including phenoxy) is 1. The number of hydrogen-bond donors (Lipinski definition) is 0. The van der Waals surface area contributed by atoms with E-state index in [1.165, 1.54) is 4.90 Å². The molecule has 1 fully saturated rings. The molecule has 0 aromatic heterocycles. The quantitative estimate of drug-likeness (QED) is 0.477. The summed E-state index contributed by atoms with van der Waals surface area (Å²) in [6, 6.07) is 25.3. The second-order valence-electron chi connectivity index (χ2n) is 7.10. The van der Waals surface area contributed by atoms with Gasteiger partial charge in [0, 0.05) is 0 Å². The lowest BCUT2D eigenvalue weighted by molar-refractivity contribution is -0.123. The Bertz CT molecular complexity index is 1090. The zero-order chi connectivity index (χ0) is 20.9. The van der Waals surface area contributed by atoms with Crippen LogP contribution in [0.2, 0.25) is 0 Å². The third kappa shape index (κ3) is 4.81. The van der Waals surface area contributed by atoms with Crippen LogP contribution < -0.4 is 4.74 Å². The molecule has 0 saturated carbocycles. The van der Waals surface area contributed by atoms with Crippen molar-refractivity contribution in [2.75, 3.05) is 0 Å². The number of aryl methyl sites for hydroxylation is 1. The summed E-state index contributed by atoms with van der Waals surface area (Å²) in [6.07, 6.45) is 1.75. The summed E-state index contributed by atoms with van der Waals surface area (Å²) >= 11 is 0.979. The monoisotopic (exact) mass is 415 g/mol. The molecule has 0 radical (unpaired) electrons. The van der Waals surface area contributed by atoms with Crippen molar-refractivity contribution in [3.8, 4) is 5.75 Å². The molecule has 5 heteroatoms. The zero-order valence-corrected chi connectivity index (χ0v) is 17.4. The molecule has 1 aliphatic rings. The van der Waals surface area contributed by atoms with Crippen LogP contribution in [0.15, 0.2) is 83.8 Å². The molecule has 4 nitrogen and oxygen atoms in total. The summed E-state index contributed by atoms with van der Waals surface area (Å²) in [5.41, 5.74) is 4.00. The lowest BCUT2D eigenvalue weighted by atomic mass is 10.1. The van der Waals surface area contributed by atoms with Gasteiger partial charge in [-0.25, -0.2) is 0 Å². The summed E-state index contributed by atoms with van der Waals surface area (Å²) in [5, 5.41) is -0.240. The molecule has 150 valence electrons. The summed E-state index contributed by atoms with van der Waals surface area (Å²) in [5.74, 6) is 0.500. The van der Waals surface area contributed by atoms with Gasteiger partial charge in [-0.2, -0.15) is 0 Å². The van der Waals surface area contributed by atoms with Crippen molar-refractivity contribution in [2.24, 2.45) is 0 Å². The van der Waals surface area contributed by atoms with Gasteiger partial charge >= 0.3 is 0 Å². The molecule has 3 aromatic carbocycles. The van der Waals surface area contributed by atoms with E-state index in [9.17, 15) is 9.59 Å². The zero-order valence-electron chi connectivity index (χ0n) is 16.6. The van der Waals surface area contributed by atoms with Crippen LogP contribution in [0.1, 0.15) is 22.3 Å². The van der Waals surface area contributed by atoms with Gasteiger partial charge in [0.15, 0.2) is 0 Å². The first-order chi connectivity index (χ1) is 14.6. The normalized spacial score (nSPS) is 15.1. The van der Waals surface area contributed by atoms with Gasteiger partial charge in [-0.3, -0.25) is 14.5 Å². The SMILES string of the molecule is Cc1cccc(CN2C(=O)S/C(=C\c3ccc(OCc4ccccc4)cc3)C2=O)c1. The summed E-state index contributed by atoms with van der Waals surface area (Å²) < 4.78 is 5.79. The number of amides is 2. The highest BCUT2D eigenvalue weighted by atomic mass is 32.2. The van der Waals surface area contributed by atoms with Crippen molar-refractivity contribution in [2.45, 2.75) is 20.1 Å². The maximum atomic E-state index is 12.7. The number of thioether (sulfide) groups is 1. The minimum absolute atomic E-state index is 0.240. The lowest BCUT2D eigenvalue weighted by Gasteiger charge is -2.12. The number of hydrogen-bond acceptors (Lipinski definition) is 4. The second-order valence-corrected chi connectivity index (χ2v) is 8.09. The van der Waals surface area contributed by atoms with Crippen LogP contribution in [0.25, 0.3) is 6.08 Å². The Morgan fingerprint density at radius 2 is 1.63 bits per heavy atom. The van der Waals surface area contributed by atoms with Crippen molar-refractivity contribution in [1.29, 1.82) is 0 Å². The van der Waals surface area contributed by atoms with E-state index >= 15 is 0 Å². The molecular formula is C25H21NO3S. The molecule has 0 aliphatic carbocycles. The minimum Gasteiger partial charge on any atom is -0.489 e. The third-order valence-corrected chi connectivity index (χ3v) is 5.63. The van der Waals surface area contributed by atoms with E-state index in [-0.39, 0.29) is 17.7 Å². The van der Waals surface area contributed by atoms with E-state index in [0.717, 1.165) is 39.8 Å². The largest absolute Gasteiger partial charge is 0.489 e. The first-order valence-corrected chi connectivity index (χ1v) is 10.5. The highest BCUT2D eigenvalue weighted by Gasteiger charge is 2.34. The van der Waals surface area contributed by atoms with Crippen LogP contribution in [0, 0.1) is 6.92 Å². The highest BCUT2D eigenvalue weighted by molar-refractivity contribution is 8.18. The number of benzene rings is 3. The van der Waals surface area contributed by atoms with Crippen molar-refractivity contribution in [1.82, 2.24) is 4.90 Å². The minimum atomic E-state index is -0.254. The standard InChI is InChI=1S/C25H21NO3S/c1-18-6-5-9-21(14-18)16-26-24(27)23(30-25(26)28)15-19-10-12-22(13-11-19)29-17-20-7-3-2-4-8-20/h2-15H,16-17H2,1H3/b23-15-. The molecule has 0 unspecified atom stereocenters. The van der Waals surface area contributed by atoms with Crippen molar-refractivity contribution >= 4 is 29.0 Å². The van der Waals surface area contributed by atoms with Crippen LogP contribution in [0.3, 0.4) is 0 Å². The second kappa shape index (κ2) is 9.01. The number of nitrogens with zero attached hydrogens (tertiary/aromatic N) is 1. The van der Waals surface area contributed by atoms with Crippen LogP contribution in [0.5, 0.6) is 5.75 Å². The van der Waals surface area contributed by atoms with E-state index in [1.54, 1.807) is 6.08 Å². The molecule has 3 aromatic rings. The van der Waals surface area contributed by atoms with Crippen LogP contribution >= 0.6 is 11.8 Å². The number of imide groups is 1. The van der Waals surface area contributed by atoms with Gasteiger partial charge in [0.1, 0.15) is 12.4 Å². The van der Waals surface area contributed by atoms with E-state index in [2.05, 4.69) is 0 Å². The molecule has 2 amide bonds. The van der Waals surface area contributed by atoms with Crippen molar-refractivity contribution in [3.05, 3.63) is 106 Å². The lowest BCUT2D eigenvalue weighted by Crippen LogP contribution is -2.27. The van der Waals surface area contributed by atoms with E-state index in [4.69, 9.17) is 4.74 Å². The summed E-state index contributed by atoms with van der Waals surface area (Å²) in [6.45, 7) is 2.78. The van der Waals surface area contributed by atoms with Crippen molar-refractivity contribution in [3.63, 3.8) is 0 Å². The molecular weight excluding hydrogens is 394 g/mol. The Labute approximate surface area is 180 Å². The third-order valence-electron chi connectivity index (χ3n) is 4.72. The molecule has 4 rings (SSSR count). The predicted octanol–water partition coefficient (Wildman–Crippen LogP) is 5.81. The van der Waals surface area contributed by atoms with E-state index < -0.39 is 0 Å². The smallest absolute Gasteiger partial charge is 0.293 e. The Morgan fingerprint density at radius 1 is 0.900 bits per heavy atom. The van der Waals surface area contributed by atoms with E-state index in [1.807, 2.05) is 85.8 Å². The predicted molar refractivity (Wildman–Crippen MR) is 120 cm³/mol. The molecule has 1 aliphatic heterocycles. The Kier molecular flexibility index (Phi) is 6.00. The van der Waals surface area contributed by atoms with Gasteiger partial charge in [0.05, 0.1) is 11.4 Å². The average Bonchev–Trinajstić information content (AvgIpc) is 3.01. The van der Waals surface area contributed by atoms with Crippen LogP contribution in [0.4, 0.5) is 4.79 Å². The molecule has 1 saturated heterocycles. The van der Waals surface area contributed by atoms with Gasteiger partial charge in [0.2, 0.25) is 0 Å². The fourth-order valence-electron chi connectivity index (χ4n) is 3.18. The first kappa shape index (κ1) is 20.0. The summed E-state index contributed by atoms with van der Waals surface area (Å²) in [4.78, 5) is 26.8. The van der Waals surface area contributed by atoms with Gasteiger partial charge in [0.25, 0.3) is 11.1 Å². The van der Waals surface area contributed by atoms with Crippen molar-refractivity contribution < 1.29 is 14.3 Å². The van der Waals surface area contributed by atoms with Crippen LogP contribution in [-0.2, 0) is 17.9 Å². The van der Waals surface area contributed by atoms with Gasteiger partial charge in [-0.05, 0) is 53.6 Å². The topological polar surface area (TPSA) is 46.6 Å². The Balaban J connectivity index is 1.41. The molecule has 0 atom stereocenters. The maximum absolute atomic E-state index is 12.7. The van der Waals surface area contributed by atoms with Gasteiger partial charge in [-0.1, -0.05) is 72.3 Å². The average molecular weight is 416 g/mol. The Hall–Kier alpha value is -3.31. The maximum Gasteiger partial charge on any atom is 0.293 e. The first-order valence-electron chi connectivity index (χ1n) is 9.66. The van der Waals surface area contributed by atoms with Gasteiger partial charge < -0.3 is 4.74 Å². The number of rotatable bonds is 6. The number of carbonyl (C=O) groups is 2. The molecule has 0 N–H and O–H groups in total. The fourth-order valence-corrected chi connectivity index (χ4v) is 4.02. The highest BCUT2D eigenvalue weighted by Crippen LogP contribution is 2.33. The van der Waals surface area contributed by atoms with Crippen LogP contribution in [-0.4, -0.2) is 16.0 Å². The molecule has 1 heterocycles. The fraction of sp³-hybridized carbons (Fsp3) is 0.120. The molecule has 0 spiro atoms. The van der Waals surface area contributed by atoms with Gasteiger partial charge in [-0.15, -0.1) is 0 Å². The Morgan fingerprint density at radius 3 is 2.37 bits per heavy atom. The molecule has 0 bridgehead atoms. The van der Waals surface area contributed by atoms with E-state index in [0.29, 0.717) is 11.5 Å². The molecule has 30 heavy (non-hydrogen) atoms.